The molecule has 5 aliphatic carbocycles. The van der Waals surface area contributed by atoms with E-state index in [-0.39, 0.29) is 0 Å². The van der Waals surface area contributed by atoms with E-state index in [1.165, 1.54) is 119 Å². The fourth-order valence-corrected chi connectivity index (χ4v) is 8.90. The summed E-state index contributed by atoms with van der Waals surface area (Å²) in [5, 5.41) is 3.12. The zero-order valence-corrected chi connectivity index (χ0v) is 23.7. The van der Waals surface area contributed by atoms with Crippen molar-refractivity contribution in [2.45, 2.75) is 133 Å². The van der Waals surface area contributed by atoms with Crippen LogP contribution in [0.2, 0.25) is 10.6 Å². The van der Waals surface area contributed by atoms with Crippen LogP contribution in [0.5, 0.6) is 0 Å². The fourth-order valence-electron chi connectivity index (χ4n) is 5.73. The Kier molecular flexibility index (Phi) is 15.5. The topological polar surface area (TPSA) is 9.23 Å². The third kappa shape index (κ3) is 13.6. The molecule has 5 saturated carbocycles. The monoisotopic (exact) mass is 530 g/mol. The van der Waals surface area contributed by atoms with Gasteiger partial charge in [0.25, 0.3) is 0 Å². The SMILES string of the molecule is C1CC2CC2C1.C1CC2CC2C1.C1CCCC1.C1CCOC1.C1CCSC1.C1CC[Se]C1. The molecule has 3 heteroatoms. The van der Waals surface area contributed by atoms with Gasteiger partial charge in [-0.2, -0.15) is 11.8 Å². The van der Waals surface area contributed by atoms with Gasteiger partial charge in [0.1, 0.15) is 0 Å². The van der Waals surface area contributed by atoms with Gasteiger partial charge in [0.15, 0.2) is 0 Å². The number of hydrogen-bond donors (Lipinski definition) is 0. The van der Waals surface area contributed by atoms with Crippen molar-refractivity contribution in [3.8, 4) is 0 Å². The van der Waals surface area contributed by atoms with Crippen molar-refractivity contribution in [1.82, 2.24) is 0 Å². The molecular formula is C29H54OSSe. The van der Waals surface area contributed by atoms with Crippen LogP contribution in [0, 0.1) is 23.7 Å². The van der Waals surface area contributed by atoms with E-state index in [1.54, 1.807) is 49.2 Å². The molecule has 3 saturated heterocycles. The first-order chi connectivity index (χ1) is 15.9. The van der Waals surface area contributed by atoms with Gasteiger partial charge >= 0.3 is 38.4 Å². The Morgan fingerprint density at radius 3 is 1.06 bits per heavy atom. The number of thioether (sulfide) groups is 1. The molecule has 3 aliphatic heterocycles. The van der Waals surface area contributed by atoms with Crippen molar-refractivity contribution < 1.29 is 4.74 Å². The van der Waals surface area contributed by atoms with Gasteiger partial charge in [-0.05, 0) is 73.7 Å². The predicted octanol–water partition coefficient (Wildman–Crippen LogP) is 9.19. The van der Waals surface area contributed by atoms with Crippen LogP contribution < -0.4 is 0 Å². The molecule has 0 aromatic rings. The molecule has 32 heavy (non-hydrogen) atoms. The molecule has 0 spiro atoms. The van der Waals surface area contributed by atoms with Crippen LogP contribution in [-0.4, -0.2) is 39.7 Å². The van der Waals surface area contributed by atoms with Crippen LogP contribution in [0.3, 0.4) is 0 Å². The van der Waals surface area contributed by atoms with Crippen LogP contribution in [0.25, 0.3) is 0 Å². The first-order valence-corrected chi connectivity index (χ1v) is 18.2. The summed E-state index contributed by atoms with van der Waals surface area (Å²) in [4.78, 5) is 0. The zero-order chi connectivity index (χ0) is 22.1. The molecule has 3 heterocycles. The third-order valence-electron chi connectivity index (χ3n) is 8.17. The number of hydrogen-bond acceptors (Lipinski definition) is 2. The predicted molar refractivity (Wildman–Crippen MR) is 145 cm³/mol. The van der Waals surface area contributed by atoms with Crippen LogP contribution in [0.1, 0.15) is 122 Å². The quantitative estimate of drug-likeness (QED) is 0.289. The molecular weight excluding hydrogens is 475 g/mol. The molecule has 0 amide bonds. The molecule has 0 aromatic heterocycles. The molecule has 8 aliphatic rings. The van der Waals surface area contributed by atoms with Gasteiger partial charge in [-0.25, -0.2) is 0 Å². The van der Waals surface area contributed by atoms with E-state index in [4.69, 9.17) is 4.74 Å². The Labute approximate surface area is 211 Å². The molecule has 0 N–H and O–H groups in total. The molecule has 0 bridgehead atoms. The van der Waals surface area contributed by atoms with E-state index in [0.717, 1.165) is 28.2 Å². The van der Waals surface area contributed by atoms with Gasteiger partial charge < -0.3 is 4.74 Å². The molecule has 8 fully saturated rings. The molecule has 4 atom stereocenters. The van der Waals surface area contributed by atoms with E-state index in [0.29, 0.717) is 0 Å². The van der Waals surface area contributed by atoms with Crippen LogP contribution in [0.4, 0.5) is 0 Å². The molecule has 0 radical (unpaired) electrons. The summed E-state index contributed by atoms with van der Waals surface area (Å²) in [6, 6.07) is 0. The maximum atomic E-state index is 4.94. The van der Waals surface area contributed by atoms with Gasteiger partial charge in [0.05, 0.1) is 0 Å². The van der Waals surface area contributed by atoms with Crippen LogP contribution in [-0.2, 0) is 4.74 Å². The Morgan fingerprint density at radius 2 is 0.906 bits per heavy atom. The zero-order valence-electron chi connectivity index (χ0n) is 21.2. The normalized spacial score (nSPS) is 34.5. The second-order valence-corrected chi connectivity index (χ2v) is 14.9. The maximum absolute atomic E-state index is 4.94. The number of ether oxygens (including phenoxy) is 1. The second kappa shape index (κ2) is 18.1. The summed E-state index contributed by atoms with van der Waals surface area (Å²) in [6.45, 7) is 2.00. The Bertz CT molecular complexity index is 322. The number of fused-ring (bicyclic) bond motifs is 2. The summed E-state index contributed by atoms with van der Waals surface area (Å²) in [5.74, 6) is 7.69. The van der Waals surface area contributed by atoms with Gasteiger partial charge in [0.2, 0.25) is 0 Å². The van der Waals surface area contributed by atoms with Crippen molar-refractivity contribution in [1.29, 1.82) is 0 Å². The summed E-state index contributed by atoms with van der Waals surface area (Å²) in [5.41, 5.74) is 0. The van der Waals surface area contributed by atoms with Gasteiger partial charge in [-0.15, -0.1) is 0 Å². The van der Waals surface area contributed by atoms with E-state index in [1.807, 2.05) is 0 Å². The average molecular weight is 530 g/mol. The molecule has 4 unspecified atom stereocenters. The fraction of sp³-hybridized carbons (Fsp3) is 1.00. The summed E-state index contributed by atoms with van der Waals surface area (Å²) in [6.07, 6.45) is 28.5. The van der Waals surface area contributed by atoms with Gasteiger partial charge in [0, 0.05) is 13.2 Å². The van der Waals surface area contributed by atoms with Crippen molar-refractivity contribution in [2.24, 2.45) is 23.7 Å². The minimum absolute atomic E-state index is 1.00. The first-order valence-electron chi connectivity index (χ1n) is 14.7. The van der Waals surface area contributed by atoms with Crippen LogP contribution in [0.15, 0.2) is 0 Å². The molecule has 188 valence electrons. The second-order valence-electron chi connectivity index (χ2n) is 11.1. The van der Waals surface area contributed by atoms with Crippen molar-refractivity contribution >= 4 is 26.7 Å². The van der Waals surface area contributed by atoms with Gasteiger partial charge in [-0.3, -0.25) is 0 Å². The Morgan fingerprint density at radius 1 is 0.469 bits per heavy atom. The standard InChI is InChI=1S/2C6H10.C5H10.C4H8O.C4H8S.C4H8Se/c2*1-2-5-4-6(5)3-1;4*1-2-4-5-3-1/h2*5-6H,1-4H2;1-5H2;3*1-4H2. The Balaban J connectivity index is 0.000000109. The molecule has 1 nitrogen and oxygen atoms in total. The van der Waals surface area contributed by atoms with Crippen molar-refractivity contribution in [3.63, 3.8) is 0 Å². The van der Waals surface area contributed by atoms with E-state index in [2.05, 4.69) is 11.8 Å². The summed E-state index contributed by atoms with van der Waals surface area (Å²) in [7, 11) is 0. The number of rotatable bonds is 0. The average Bonchev–Trinajstić information content (AvgIpc) is 3.57. The minimum atomic E-state index is 1.00. The van der Waals surface area contributed by atoms with E-state index in [9.17, 15) is 0 Å². The molecule has 8 rings (SSSR count). The summed E-state index contributed by atoms with van der Waals surface area (Å²) >= 11 is 3.14. The van der Waals surface area contributed by atoms with Crippen LogP contribution >= 0.6 is 11.8 Å². The first kappa shape index (κ1) is 27.4. The van der Waals surface area contributed by atoms with Gasteiger partial charge in [-0.1, -0.05) is 70.6 Å². The van der Waals surface area contributed by atoms with E-state index < -0.39 is 0 Å². The van der Waals surface area contributed by atoms with Crippen molar-refractivity contribution in [2.75, 3.05) is 24.7 Å². The summed E-state index contributed by atoms with van der Waals surface area (Å²) < 4.78 is 4.94. The van der Waals surface area contributed by atoms with E-state index >= 15 is 0 Å². The third-order valence-corrected chi connectivity index (χ3v) is 11.7. The van der Waals surface area contributed by atoms with Crippen molar-refractivity contribution in [3.05, 3.63) is 0 Å². The Hall–Kier alpha value is 0.829. The molecule has 0 aromatic carbocycles.